The van der Waals surface area contributed by atoms with Gasteiger partial charge in [0.25, 0.3) is 5.91 Å². The van der Waals surface area contributed by atoms with Crippen LogP contribution in [0.5, 0.6) is 5.75 Å². The number of carbonyl (C=O) groups is 2. The highest BCUT2D eigenvalue weighted by Gasteiger charge is 2.28. The molecule has 0 spiro atoms. The van der Waals surface area contributed by atoms with Crippen LogP contribution in [0, 0.1) is 0 Å². The number of benzene rings is 2. The molecule has 1 N–H and O–H groups in total. The number of rotatable bonds is 8. The first-order valence-corrected chi connectivity index (χ1v) is 10.1. The van der Waals surface area contributed by atoms with Crippen molar-refractivity contribution in [3.63, 3.8) is 0 Å². The van der Waals surface area contributed by atoms with E-state index in [0.717, 1.165) is 12.0 Å². The fourth-order valence-corrected chi connectivity index (χ4v) is 2.89. The summed E-state index contributed by atoms with van der Waals surface area (Å²) in [4.78, 5) is 27.2. The average Bonchev–Trinajstić information content (AvgIpc) is 2.69. The predicted octanol–water partition coefficient (Wildman–Crippen LogP) is 3.96. The molecule has 1 atom stereocenters. The molecule has 5 heteroatoms. The third-order valence-corrected chi connectivity index (χ3v) is 4.56. The predicted molar refractivity (Wildman–Crippen MR) is 116 cm³/mol. The van der Waals surface area contributed by atoms with Gasteiger partial charge in [-0.3, -0.25) is 9.59 Å². The maximum Gasteiger partial charge on any atom is 0.261 e. The van der Waals surface area contributed by atoms with E-state index in [1.165, 1.54) is 5.56 Å². The molecule has 2 aromatic rings. The second kappa shape index (κ2) is 10.1. The molecule has 0 unspecified atom stereocenters. The molecule has 0 fully saturated rings. The van der Waals surface area contributed by atoms with Gasteiger partial charge < -0.3 is 15.0 Å². The number of aryl methyl sites for hydroxylation is 1. The van der Waals surface area contributed by atoms with Crippen molar-refractivity contribution in [2.24, 2.45) is 0 Å². The molecule has 0 aliphatic rings. The summed E-state index contributed by atoms with van der Waals surface area (Å²) in [5, 5.41) is 2.95. The number of nitrogens with one attached hydrogen (secondary N) is 1. The molecule has 0 bridgehead atoms. The summed E-state index contributed by atoms with van der Waals surface area (Å²) in [6, 6.07) is 16.7. The van der Waals surface area contributed by atoms with Crippen LogP contribution in [-0.2, 0) is 22.6 Å². The fraction of sp³-hybridized carbons (Fsp3) is 0.417. The Kier molecular flexibility index (Phi) is 7.82. The topological polar surface area (TPSA) is 58.6 Å². The Labute approximate surface area is 174 Å². The van der Waals surface area contributed by atoms with Crippen LogP contribution in [0.25, 0.3) is 0 Å². The normalized spacial score (nSPS) is 12.2. The van der Waals surface area contributed by atoms with Crippen LogP contribution >= 0.6 is 0 Å². The molecule has 0 saturated heterocycles. The van der Waals surface area contributed by atoms with E-state index in [1.54, 1.807) is 11.8 Å². The number of hydrogen-bond donors (Lipinski definition) is 1. The molecule has 0 saturated carbocycles. The fourth-order valence-electron chi connectivity index (χ4n) is 2.89. The van der Waals surface area contributed by atoms with Gasteiger partial charge in [0.1, 0.15) is 11.8 Å². The zero-order valence-corrected chi connectivity index (χ0v) is 18.1. The Morgan fingerprint density at radius 2 is 1.62 bits per heavy atom. The minimum atomic E-state index is -0.618. The van der Waals surface area contributed by atoms with Crippen molar-refractivity contribution in [3.05, 3.63) is 65.7 Å². The maximum absolute atomic E-state index is 13.0. The highest BCUT2D eigenvalue weighted by Crippen LogP contribution is 2.15. The Morgan fingerprint density at radius 1 is 1.00 bits per heavy atom. The lowest BCUT2D eigenvalue weighted by atomic mass is 10.1. The van der Waals surface area contributed by atoms with E-state index in [4.69, 9.17) is 4.74 Å². The zero-order chi connectivity index (χ0) is 21.4. The van der Waals surface area contributed by atoms with Crippen LogP contribution in [-0.4, -0.2) is 34.9 Å². The van der Waals surface area contributed by atoms with Gasteiger partial charge in [0.05, 0.1) is 0 Å². The molecule has 0 radical (unpaired) electrons. The minimum Gasteiger partial charge on any atom is -0.484 e. The summed E-state index contributed by atoms with van der Waals surface area (Å²) in [5.41, 5.74) is 1.80. The van der Waals surface area contributed by atoms with Crippen LogP contribution < -0.4 is 10.1 Å². The Balaban J connectivity index is 2.11. The van der Waals surface area contributed by atoms with Gasteiger partial charge >= 0.3 is 0 Å². The van der Waals surface area contributed by atoms with Gasteiger partial charge in [0.2, 0.25) is 5.91 Å². The summed E-state index contributed by atoms with van der Waals surface area (Å²) in [5.74, 6) is 0.223. The highest BCUT2D eigenvalue weighted by molar-refractivity contribution is 5.88. The second-order valence-corrected chi connectivity index (χ2v) is 8.21. The first-order valence-electron chi connectivity index (χ1n) is 10.1. The third-order valence-electron chi connectivity index (χ3n) is 4.56. The molecular formula is C24H32N2O3. The van der Waals surface area contributed by atoms with E-state index in [2.05, 4.69) is 12.2 Å². The molecule has 29 heavy (non-hydrogen) atoms. The lowest BCUT2D eigenvalue weighted by Crippen LogP contribution is -2.53. The van der Waals surface area contributed by atoms with Gasteiger partial charge in [-0.1, -0.05) is 49.4 Å². The highest BCUT2D eigenvalue weighted by atomic mass is 16.5. The Morgan fingerprint density at radius 3 is 2.17 bits per heavy atom. The van der Waals surface area contributed by atoms with Gasteiger partial charge in [0, 0.05) is 12.1 Å². The number of carbonyl (C=O) groups excluding carboxylic acids is 2. The zero-order valence-electron chi connectivity index (χ0n) is 18.1. The number of amides is 2. The first kappa shape index (κ1) is 22.5. The first-order chi connectivity index (χ1) is 13.7. The monoisotopic (exact) mass is 396 g/mol. The third kappa shape index (κ3) is 7.26. The van der Waals surface area contributed by atoms with Crippen molar-refractivity contribution < 1.29 is 14.3 Å². The maximum atomic E-state index is 13.0. The Hall–Kier alpha value is -2.82. The summed E-state index contributed by atoms with van der Waals surface area (Å²) >= 11 is 0. The van der Waals surface area contributed by atoms with Gasteiger partial charge in [-0.2, -0.15) is 0 Å². The van der Waals surface area contributed by atoms with Crippen molar-refractivity contribution in [1.29, 1.82) is 0 Å². The molecule has 0 heterocycles. The molecule has 0 aliphatic carbocycles. The van der Waals surface area contributed by atoms with E-state index < -0.39 is 6.04 Å². The van der Waals surface area contributed by atoms with E-state index in [1.807, 2.05) is 75.4 Å². The van der Waals surface area contributed by atoms with Crippen molar-refractivity contribution in [2.75, 3.05) is 6.61 Å². The van der Waals surface area contributed by atoms with Gasteiger partial charge in [0.15, 0.2) is 6.61 Å². The van der Waals surface area contributed by atoms with E-state index in [-0.39, 0.29) is 24.0 Å². The van der Waals surface area contributed by atoms with Crippen LogP contribution in [0.1, 0.15) is 45.7 Å². The van der Waals surface area contributed by atoms with Crippen LogP contribution in [0.3, 0.4) is 0 Å². The lowest BCUT2D eigenvalue weighted by molar-refractivity contribution is -0.142. The number of hydrogen-bond acceptors (Lipinski definition) is 3. The molecule has 156 valence electrons. The van der Waals surface area contributed by atoms with E-state index >= 15 is 0 Å². The second-order valence-electron chi connectivity index (χ2n) is 8.21. The van der Waals surface area contributed by atoms with Crippen molar-refractivity contribution in [3.8, 4) is 5.75 Å². The van der Waals surface area contributed by atoms with E-state index in [0.29, 0.717) is 12.3 Å². The van der Waals surface area contributed by atoms with Crippen molar-refractivity contribution >= 4 is 11.8 Å². The van der Waals surface area contributed by atoms with Crippen molar-refractivity contribution in [1.82, 2.24) is 10.2 Å². The molecule has 2 aromatic carbocycles. The molecule has 0 aromatic heterocycles. The van der Waals surface area contributed by atoms with Crippen LogP contribution in [0.2, 0.25) is 0 Å². The molecule has 2 amide bonds. The van der Waals surface area contributed by atoms with Gasteiger partial charge in [-0.25, -0.2) is 0 Å². The standard InChI is InChI=1S/C24H32N2O3/c1-6-19-12-14-21(15-13-19)29-17-22(27)26(16-20-10-8-7-9-11-20)18(2)23(28)25-24(3,4)5/h7-15,18H,6,16-17H2,1-5H3,(H,25,28)/t18-/m0/s1. The van der Waals surface area contributed by atoms with Gasteiger partial charge in [-0.15, -0.1) is 0 Å². The SMILES string of the molecule is CCc1ccc(OCC(=O)N(Cc2ccccc2)[C@@H](C)C(=O)NC(C)(C)C)cc1. The molecule has 0 aliphatic heterocycles. The summed E-state index contributed by atoms with van der Waals surface area (Å²) in [7, 11) is 0. The lowest BCUT2D eigenvalue weighted by Gasteiger charge is -2.31. The summed E-state index contributed by atoms with van der Waals surface area (Å²) in [6.45, 7) is 9.82. The summed E-state index contributed by atoms with van der Waals surface area (Å²) in [6.07, 6.45) is 0.949. The minimum absolute atomic E-state index is 0.120. The average molecular weight is 397 g/mol. The smallest absolute Gasteiger partial charge is 0.261 e. The van der Waals surface area contributed by atoms with Crippen molar-refractivity contribution in [2.45, 2.75) is 59.2 Å². The quantitative estimate of drug-likeness (QED) is 0.735. The van der Waals surface area contributed by atoms with Crippen LogP contribution in [0.4, 0.5) is 0 Å². The summed E-state index contributed by atoms with van der Waals surface area (Å²) < 4.78 is 5.69. The van der Waals surface area contributed by atoms with Gasteiger partial charge in [-0.05, 0) is 57.4 Å². The Bertz CT molecular complexity index is 795. The molecule has 2 rings (SSSR count). The van der Waals surface area contributed by atoms with Crippen LogP contribution in [0.15, 0.2) is 54.6 Å². The number of ether oxygens (including phenoxy) is 1. The molecular weight excluding hydrogens is 364 g/mol. The van der Waals surface area contributed by atoms with E-state index in [9.17, 15) is 9.59 Å². The number of nitrogens with zero attached hydrogens (tertiary/aromatic N) is 1. The largest absolute Gasteiger partial charge is 0.484 e. The molecule has 5 nitrogen and oxygen atoms in total.